The van der Waals surface area contributed by atoms with Crippen molar-refractivity contribution in [1.29, 1.82) is 0 Å². The predicted molar refractivity (Wildman–Crippen MR) is 91.8 cm³/mol. The quantitative estimate of drug-likeness (QED) is 0.886. The standard InChI is InChI=1S/C17H23N3O3S/c21-17(19-16-8-7-12-3-1-4-14(12)18-16)20-9-2-10-24(22,23)11-15(20)13-5-6-13/h7-8,13,15H,1-6,9-11H2,(H,18,19,21). The Hall–Kier alpha value is -1.63. The number of nitrogens with zero attached hydrogens (tertiary/aromatic N) is 2. The smallest absolute Gasteiger partial charge is 0.320 e. The molecule has 0 bridgehead atoms. The number of carbonyl (C=O) groups excluding carboxylic acids is 1. The van der Waals surface area contributed by atoms with Gasteiger partial charge in [-0.25, -0.2) is 18.2 Å². The SMILES string of the molecule is O=C(Nc1ccc2c(n1)CCC2)N1CCCS(=O)(=O)CC1C1CC1. The van der Waals surface area contributed by atoms with Gasteiger partial charge in [-0.1, -0.05) is 6.07 Å². The van der Waals surface area contributed by atoms with Gasteiger partial charge >= 0.3 is 6.03 Å². The molecule has 7 heteroatoms. The molecule has 1 aromatic heterocycles. The van der Waals surface area contributed by atoms with E-state index in [1.54, 1.807) is 4.90 Å². The molecule has 0 spiro atoms. The van der Waals surface area contributed by atoms with Gasteiger partial charge in [0.1, 0.15) is 5.82 Å². The molecule has 0 aromatic carbocycles. The van der Waals surface area contributed by atoms with Crippen LogP contribution >= 0.6 is 0 Å². The van der Waals surface area contributed by atoms with Gasteiger partial charge in [-0.2, -0.15) is 0 Å². The predicted octanol–water partition coefficient (Wildman–Crippen LogP) is 2.00. The average molecular weight is 349 g/mol. The summed E-state index contributed by atoms with van der Waals surface area (Å²) in [5.41, 5.74) is 2.34. The summed E-state index contributed by atoms with van der Waals surface area (Å²) in [6, 6.07) is 3.49. The highest BCUT2D eigenvalue weighted by atomic mass is 32.2. The lowest BCUT2D eigenvalue weighted by molar-refractivity contribution is 0.187. The Morgan fingerprint density at radius 1 is 1.21 bits per heavy atom. The van der Waals surface area contributed by atoms with E-state index in [0.717, 1.165) is 37.8 Å². The Labute approximate surface area is 142 Å². The zero-order valence-electron chi connectivity index (χ0n) is 13.7. The Morgan fingerprint density at radius 2 is 2.04 bits per heavy atom. The number of aromatic nitrogens is 1. The van der Waals surface area contributed by atoms with Gasteiger partial charge in [0.2, 0.25) is 0 Å². The Balaban J connectivity index is 1.51. The number of rotatable bonds is 2. The number of hydrogen-bond acceptors (Lipinski definition) is 4. The summed E-state index contributed by atoms with van der Waals surface area (Å²) in [6.45, 7) is 0.497. The number of sulfone groups is 1. The number of carbonyl (C=O) groups is 1. The molecule has 24 heavy (non-hydrogen) atoms. The number of nitrogens with one attached hydrogen (secondary N) is 1. The van der Waals surface area contributed by atoms with E-state index in [1.165, 1.54) is 5.56 Å². The van der Waals surface area contributed by atoms with Gasteiger partial charge in [-0.05, 0) is 56.1 Å². The van der Waals surface area contributed by atoms with Crippen molar-refractivity contribution in [2.75, 3.05) is 23.4 Å². The van der Waals surface area contributed by atoms with Crippen molar-refractivity contribution in [2.45, 2.75) is 44.6 Å². The van der Waals surface area contributed by atoms with Crippen LogP contribution in [0.1, 0.15) is 36.9 Å². The third kappa shape index (κ3) is 3.27. The highest BCUT2D eigenvalue weighted by Gasteiger charge is 2.41. The van der Waals surface area contributed by atoms with Crippen LogP contribution in [0, 0.1) is 5.92 Å². The summed E-state index contributed by atoms with van der Waals surface area (Å²) in [4.78, 5) is 19.0. The van der Waals surface area contributed by atoms with Crippen LogP contribution in [-0.2, 0) is 22.7 Å². The van der Waals surface area contributed by atoms with Crippen molar-refractivity contribution >= 4 is 21.7 Å². The number of pyridine rings is 1. The van der Waals surface area contributed by atoms with Gasteiger partial charge in [0, 0.05) is 12.2 Å². The number of fused-ring (bicyclic) bond motifs is 1. The lowest BCUT2D eigenvalue weighted by Crippen LogP contribution is -2.46. The lowest BCUT2D eigenvalue weighted by Gasteiger charge is -2.29. The van der Waals surface area contributed by atoms with Gasteiger partial charge in [-0.3, -0.25) is 5.32 Å². The normalized spacial score (nSPS) is 25.8. The maximum Gasteiger partial charge on any atom is 0.323 e. The molecule has 1 saturated carbocycles. The van der Waals surface area contributed by atoms with Crippen LogP contribution in [-0.4, -0.2) is 48.4 Å². The van der Waals surface area contributed by atoms with Gasteiger partial charge in [0.05, 0.1) is 17.5 Å². The van der Waals surface area contributed by atoms with Gasteiger partial charge in [0.25, 0.3) is 0 Å². The Bertz CT molecular complexity index is 758. The molecule has 0 radical (unpaired) electrons. The molecular weight excluding hydrogens is 326 g/mol. The molecule has 130 valence electrons. The van der Waals surface area contributed by atoms with E-state index in [1.807, 2.05) is 12.1 Å². The van der Waals surface area contributed by atoms with Gasteiger partial charge < -0.3 is 4.90 Å². The zero-order valence-corrected chi connectivity index (χ0v) is 14.5. The number of urea groups is 1. The molecule has 1 saturated heterocycles. The summed E-state index contributed by atoms with van der Waals surface area (Å²) in [6.07, 6.45) is 5.68. The third-order valence-corrected chi connectivity index (χ3v) is 7.03. The number of amides is 2. The summed E-state index contributed by atoms with van der Waals surface area (Å²) in [7, 11) is -3.06. The molecule has 2 heterocycles. The van der Waals surface area contributed by atoms with Crippen LogP contribution in [0.15, 0.2) is 12.1 Å². The van der Waals surface area contributed by atoms with Crippen molar-refractivity contribution in [3.8, 4) is 0 Å². The molecule has 4 rings (SSSR count). The molecule has 2 fully saturated rings. The summed E-state index contributed by atoms with van der Waals surface area (Å²) in [5, 5.41) is 2.89. The largest absolute Gasteiger partial charge is 0.323 e. The van der Waals surface area contributed by atoms with Crippen LogP contribution in [0.25, 0.3) is 0 Å². The van der Waals surface area contributed by atoms with Crippen molar-refractivity contribution in [3.63, 3.8) is 0 Å². The fraction of sp³-hybridized carbons (Fsp3) is 0.647. The summed E-state index contributed by atoms with van der Waals surface area (Å²) < 4.78 is 24.2. The highest BCUT2D eigenvalue weighted by molar-refractivity contribution is 7.91. The fourth-order valence-electron chi connectivity index (χ4n) is 3.85. The van der Waals surface area contributed by atoms with Crippen molar-refractivity contribution in [3.05, 3.63) is 23.4 Å². The first-order valence-corrected chi connectivity index (χ1v) is 10.6. The molecule has 2 amide bonds. The van der Waals surface area contributed by atoms with E-state index in [2.05, 4.69) is 10.3 Å². The van der Waals surface area contributed by atoms with Gasteiger partial charge in [-0.15, -0.1) is 0 Å². The first kappa shape index (κ1) is 15.9. The van der Waals surface area contributed by atoms with Crippen LogP contribution in [0.3, 0.4) is 0 Å². The minimum atomic E-state index is -3.06. The Kier molecular flexibility index (Phi) is 3.98. The van der Waals surface area contributed by atoms with Crippen molar-refractivity contribution < 1.29 is 13.2 Å². The highest BCUT2D eigenvalue weighted by Crippen LogP contribution is 2.37. The number of hydrogen-bond donors (Lipinski definition) is 1. The van der Waals surface area contributed by atoms with E-state index in [4.69, 9.17) is 0 Å². The third-order valence-electron chi connectivity index (χ3n) is 5.27. The monoisotopic (exact) mass is 349 g/mol. The second kappa shape index (κ2) is 6.02. The van der Waals surface area contributed by atoms with Crippen molar-refractivity contribution in [2.24, 2.45) is 5.92 Å². The molecule has 1 aliphatic heterocycles. The second-order valence-corrected chi connectivity index (χ2v) is 9.38. The van der Waals surface area contributed by atoms with Crippen LogP contribution < -0.4 is 5.32 Å². The molecule has 6 nitrogen and oxygen atoms in total. The van der Waals surface area contributed by atoms with E-state index < -0.39 is 9.84 Å². The molecule has 1 N–H and O–H groups in total. The van der Waals surface area contributed by atoms with E-state index in [0.29, 0.717) is 24.7 Å². The second-order valence-electron chi connectivity index (χ2n) is 7.15. The van der Waals surface area contributed by atoms with E-state index >= 15 is 0 Å². The molecule has 2 aliphatic carbocycles. The maximum atomic E-state index is 12.8. The summed E-state index contributed by atoms with van der Waals surface area (Å²) in [5.74, 6) is 1.18. The fourth-order valence-corrected chi connectivity index (χ4v) is 5.56. The molecular formula is C17H23N3O3S. The number of anilines is 1. The first-order chi connectivity index (χ1) is 11.5. The minimum absolute atomic E-state index is 0.0999. The summed E-state index contributed by atoms with van der Waals surface area (Å²) >= 11 is 0. The number of aryl methyl sites for hydroxylation is 2. The first-order valence-electron chi connectivity index (χ1n) is 8.79. The zero-order chi connectivity index (χ0) is 16.7. The van der Waals surface area contributed by atoms with Gasteiger partial charge in [0.15, 0.2) is 9.84 Å². The Morgan fingerprint density at radius 3 is 2.83 bits per heavy atom. The maximum absolute atomic E-state index is 12.8. The van der Waals surface area contributed by atoms with Crippen LogP contribution in [0.5, 0.6) is 0 Å². The molecule has 1 atom stereocenters. The van der Waals surface area contributed by atoms with E-state index in [9.17, 15) is 13.2 Å². The van der Waals surface area contributed by atoms with Crippen LogP contribution in [0.2, 0.25) is 0 Å². The topological polar surface area (TPSA) is 79.4 Å². The average Bonchev–Trinajstić information content (AvgIpc) is 3.29. The lowest BCUT2D eigenvalue weighted by atomic mass is 10.2. The van der Waals surface area contributed by atoms with Crippen molar-refractivity contribution in [1.82, 2.24) is 9.88 Å². The molecule has 1 aromatic rings. The molecule has 1 unspecified atom stereocenters. The minimum Gasteiger partial charge on any atom is -0.320 e. The van der Waals surface area contributed by atoms with E-state index in [-0.39, 0.29) is 23.6 Å². The molecule has 3 aliphatic rings. The van der Waals surface area contributed by atoms with Crippen LogP contribution in [0.4, 0.5) is 10.6 Å².